The van der Waals surface area contributed by atoms with E-state index in [2.05, 4.69) is 21.2 Å². The second-order valence-electron chi connectivity index (χ2n) is 4.01. The molecule has 7 heteroatoms. The molecule has 0 bridgehead atoms. The molecular weight excluding hydrogens is 340 g/mol. The van der Waals surface area contributed by atoms with Crippen LogP contribution < -0.4 is 5.32 Å². The van der Waals surface area contributed by atoms with Gasteiger partial charge in [0.25, 0.3) is 0 Å². The summed E-state index contributed by atoms with van der Waals surface area (Å²) in [4.78, 5) is 0. The Kier molecular flexibility index (Phi) is 6.07. The van der Waals surface area contributed by atoms with Crippen molar-refractivity contribution in [3.8, 4) is 0 Å². The highest BCUT2D eigenvalue weighted by Gasteiger charge is 2.12. The van der Waals surface area contributed by atoms with Crippen LogP contribution in [-0.4, -0.2) is 39.1 Å². The normalized spacial score (nSPS) is 12.1. The molecule has 0 saturated carbocycles. The molecule has 0 aromatic heterocycles. The van der Waals surface area contributed by atoms with Crippen LogP contribution in [0, 0.1) is 0 Å². The zero-order valence-electron chi connectivity index (χ0n) is 10.3. The molecule has 0 aliphatic rings. The average molecular weight is 356 g/mol. The van der Waals surface area contributed by atoms with Crippen molar-refractivity contribution in [1.29, 1.82) is 0 Å². The van der Waals surface area contributed by atoms with E-state index in [4.69, 9.17) is 11.6 Å². The van der Waals surface area contributed by atoms with Crippen molar-refractivity contribution in [2.24, 2.45) is 0 Å². The van der Waals surface area contributed by atoms with Crippen molar-refractivity contribution < 1.29 is 8.42 Å². The summed E-state index contributed by atoms with van der Waals surface area (Å²) in [6, 6.07) is 5.52. The lowest BCUT2D eigenvalue weighted by atomic mass is 10.2. The van der Waals surface area contributed by atoms with Crippen LogP contribution in [0.2, 0.25) is 5.02 Å². The first-order valence-electron chi connectivity index (χ1n) is 5.38. The Morgan fingerprint density at radius 3 is 2.61 bits per heavy atom. The molecule has 0 atom stereocenters. The van der Waals surface area contributed by atoms with Gasteiger partial charge in [0, 0.05) is 36.7 Å². The smallest absolute Gasteiger partial charge is 0.214 e. The molecule has 18 heavy (non-hydrogen) atoms. The van der Waals surface area contributed by atoms with Gasteiger partial charge in [-0.2, -0.15) is 0 Å². The van der Waals surface area contributed by atoms with Gasteiger partial charge in [-0.05, 0) is 17.7 Å². The van der Waals surface area contributed by atoms with E-state index in [9.17, 15) is 8.42 Å². The molecule has 0 aliphatic heterocycles. The molecule has 4 nitrogen and oxygen atoms in total. The summed E-state index contributed by atoms with van der Waals surface area (Å²) in [7, 11) is -0.0658. The van der Waals surface area contributed by atoms with E-state index in [0.29, 0.717) is 18.1 Å². The van der Waals surface area contributed by atoms with Gasteiger partial charge in [0.2, 0.25) is 10.0 Å². The summed E-state index contributed by atoms with van der Waals surface area (Å²) in [5.41, 5.74) is 1.04. The minimum Gasteiger partial charge on any atom is -0.312 e. The van der Waals surface area contributed by atoms with Crippen LogP contribution in [0.25, 0.3) is 0 Å². The molecule has 0 spiro atoms. The Hall–Kier alpha value is -0.140. The van der Waals surface area contributed by atoms with Gasteiger partial charge >= 0.3 is 0 Å². The predicted octanol–water partition coefficient (Wildman–Crippen LogP) is 2.08. The number of hydrogen-bond acceptors (Lipinski definition) is 3. The number of rotatable bonds is 6. The van der Waals surface area contributed by atoms with Gasteiger partial charge in [0.1, 0.15) is 0 Å². The summed E-state index contributed by atoms with van der Waals surface area (Å²) in [6.45, 7) is 1.01. The van der Waals surface area contributed by atoms with E-state index in [1.165, 1.54) is 18.4 Å². The minimum atomic E-state index is -3.13. The van der Waals surface area contributed by atoms with E-state index >= 15 is 0 Å². The maximum absolute atomic E-state index is 11.5. The lowest BCUT2D eigenvalue weighted by molar-refractivity contribution is 0.517. The fourth-order valence-corrected chi connectivity index (χ4v) is 2.86. The van der Waals surface area contributed by atoms with Crippen molar-refractivity contribution in [2.45, 2.75) is 6.54 Å². The lowest BCUT2D eigenvalue weighted by Crippen LogP contribution is -2.31. The Bertz CT molecular complexity index is 506. The van der Waals surface area contributed by atoms with Crippen molar-refractivity contribution in [1.82, 2.24) is 9.62 Å². The Morgan fingerprint density at radius 1 is 1.39 bits per heavy atom. The lowest BCUT2D eigenvalue weighted by Gasteiger charge is -2.12. The fraction of sp³-hybridized carbons (Fsp3) is 0.455. The molecule has 1 N–H and O–H groups in total. The van der Waals surface area contributed by atoms with E-state index in [1.54, 1.807) is 6.07 Å². The molecule has 0 saturated heterocycles. The third kappa shape index (κ3) is 4.85. The monoisotopic (exact) mass is 354 g/mol. The van der Waals surface area contributed by atoms with Gasteiger partial charge in [-0.3, -0.25) is 0 Å². The van der Waals surface area contributed by atoms with Crippen molar-refractivity contribution in [3.05, 3.63) is 33.3 Å². The molecule has 0 radical (unpaired) electrons. The number of nitrogens with one attached hydrogen (secondary N) is 1. The molecule has 1 aromatic rings. The highest BCUT2D eigenvalue weighted by atomic mass is 79.9. The van der Waals surface area contributed by atoms with E-state index in [-0.39, 0.29) is 5.75 Å². The van der Waals surface area contributed by atoms with E-state index < -0.39 is 10.0 Å². The highest BCUT2D eigenvalue weighted by molar-refractivity contribution is 9.10. The SMILES string of the molecule is CN(C)S(=O)(=O)CCNCc1ccc(Cl)cc1Br. The number of nitrogens with zero attached hydrogens (tertiary/aromatic N) is 1. The number of benzene rings is 1. The largest absolute Gasteiger partial charge is 0.312 e. The molecule has 0 aliphatic carbocycles. The van der Waals surface area contributed by atoms with Crippen LogP contribution in [0.1, 0.15) is 5.56 Å². The van der Waals surface area contributed by atoms with E-state index in [0.717, 1.165) is 10.0 Å². The standard InChI is InChI=1S/C11H16BrClN2O2S/c1-15(2)18(16,17)6-5-14-8-9-3-4-10(13)7-11(9)12/h3-4,7,14H,5-6,8H2,1-2H3. The summed E-state index contributed by atoms with van der Waals surface area (Å²) < 4.78 is 25.2. The zero-order chi connectivity index (χ0) is 13.8. The molecule has 102 valence electrons. The first-order chi connectivity index (χ1) is 8.33. The van der Waals surface area contributed by atoms with Crippen LogP contribution in [0.5, 0.6) is 0 Å². The molecule has 1 aromatic carbocycles. The Labute approximate surface area is 121 Å². The highest BCUT2D eigenvalue weighted by Crippen LogP contribution is 2.21. The zero-order valence-corrected chi connectivity index (χ0v) is 13.4. The van der Waals surface area contributed by atoms with Crippen LogP contribution in [-0.2, 0) is 16.6 Å². The first kappa shape index (κ1) is 15.9. The molecule has 0 heterocycles. The van der Waals surface area contributed by atoms with Crippen LogP contribution >= 0.6 is 27.5 Å². The molecule has 0 amide bonds. The summed E-state index contributed by atoms with van der Waals surface area (Å²) in [6.07, 6.45) is 0. The van der Waals surface area contributed by atoms with E-state index in [1.807, 2.05) is 12.1 Å². The van der Waals surface area contributed by atoms with Crippen molar-refractivity contribution >= 4 is 37.6 Å². The van der Waals surface area contributed by atoms with Gasteiger partial charge in [-0.1, -0.05) is 33.6 Å². The number of hydrogen-bond donors (Lipinski definition) is 1. The van der Waals surface area contributed by atoms with Crippen LogP contribution in [0.4, 0.5) is 0 Å². The van der Waals surface area contributed by atoms with Gasteiger partial charge in [-0.25, -0.2) is 12.7 Å². The molecular formula is C11H16BrClN2O2S. The van der Waals surface area contributed by atoms with Crippen molar-refractivity contribution in [2.75, 3.05) is 26.4 Å². The van der Waals surface area contributed by atoms with Gasteiger partial charge in [-0.15, -0.1) is 0 Å². The third-order valence-corrected chi connectivity index (χ3v) is 5.23. The van der Waals surface area contributed by atoms with Gasteiger partial charge in [0.05, 0.1) is 5.75 Å². The average Bonchev–Trinajstić information content (AvgIpc) is 2.26. The summed E-state index contributed by atoms with van der Waals surface area (Å²) in [5.74, 6) is 0.0885. The molecule has 1 rings (SSSR count). The second kappa shape index (κ2) is 6.86. The number of sulfonamides is 1. The van der Waals surface area contributed by atoms with Crippen molar-refractivity contribution in [3.63, 3.8) is 0 Å². The fourth-order valence-electron chi connectivity index (χ4n) is 1.27. The van der Waals surface area contributed by atoms with Crippen LogP contribution in [0.3, 0.4) is 0 Å². The maximum Gasteiger partial charge on any atom is 0.214 e. The van der Waals surface area contributed by atoms with Crippen LogP contribution in [0.15, 0.2) is 22.7 Å². The predicted molar refractivity (Wildman–Crippen MR) is 78.3 cm³/mol. The summed E-state index contributed by atoms with van der Waals surface area (Å²) >= 11 is 9.25. The molecule has 0 unspecified atom stereocenters. The van der Waals surface area contributed by atoms with Gasteiger partial charge < -0.3 is 5.32 Å². The minimum absolute atomic E-state index is 0.0885. The third-order valence-electron chi connectivity index (χ3n) is 2.42. The molecule has 0 fully saturated rings. The van der Waals surface area contributed by atoms with Gasteiger partial charge in [0.15, 0.2) is 0 Å². The number of halogens is 2. The summed E-state index contributed by atoms with van der Waals surface area (Å²) in [5, 5.41) is 3.76. The Balaban J connectivity index is 2.43. The second-order valence-corrected chi connectivity index (χ2v) is 7.60. The topological polar surface area (TPSA) is 49.4 Å². The first-order valence-corrected chi connectivity index (χ1v) is 8.16. The quantitative estimate of drug-likeness (QED) is 0.795. The maximum atomic E-state index is 11.5. The Morgan fingerprint density at radius 2 is 2.06 bits per heavy atom.